The number of amides is 1. The van der Waals surface area contributed by atoms with E-state index in [2.05, 4.69) is 30.5 Å². The fourth-order valence-corrected chi connectivity index (χ4v) is 2.54. The van der Waals surface area contributed by atoms with Gasteiger partial charge in [0.25, 0.3) is 5.91 Å². The Labute approximate surface area is 120 Å². The molecule has 4 heteroatoms. The van der Waals surface area contributed by atoms with Gasteiger partial charge in [-0.25, -0.2) is 0 Å². The van der Waals surface area contributed by atoms with Crippen LogP contribution in [0.2, 0.25) is 0 Å². The summed E-state index contributed by atoms with van der Waals surface area (Å²) in [7, 11) is 0. The first kappa shape index (κ1) is 14.9. The van der Waals surface area contributed by atoms with Crippen LogP contribution < -0.4 is 15.4 Å². The van der Waals surface area contributed by atoms with Crippen molar-refractivity contribution in [2.75, 3.05) is 13.1 Å². The number of ether oxygens (including phenoxy) is 1. The van der Waals surface area contributed by atoms with Crippen LogP contribution in [0.4, 0.5) is 0 Å². The van der Waals surface area contributed by atoms with Gasteiger partial charge in [0.2, 0.25) is 0 Å². The number of hydrogen-bond donors (Lipinski definition) is 2. The summed E-state index contributed by atoms with van der Waals surface area (Å²) in [4.78, 5) is 12.0. The number of para-hydroxylation sites is 1. The lowest BCUT2D eigenvalue weighted by atomic mass is 10.1. The molecule has 1 aliphatic heterocycles. The Morgan fingerprint density at radius 2 is 2.20 bits per heavy atom. The standard InChI is InChI=1S/C16H24N2O2/c1-3-17-12(2)13-8-4-5-9-14(13)20-15-10-6-7-11-18-16(15)19/h4-5,8-9,12,15,17H,3,6-7,10-11H2,1-2H3,(H,18,19). The van der Waals surface area contributed by atoms with Crippen molar-refractivity contribution < 1.29 is 9.53 Å². The lowest BCUT2D eigenvalue weighted by Gasteiger charge is -2.21. The number of nitrogens with one attached hydrogen (secondary N) is 2. The zero-order valence-corrected chi connectivity index (χ0v) is 12.3. The van der Waals surface area contributed by atoms with Crippen LogP contribution in [0.5, 0.6) is 5.75 Å². The molecule has 1 aromatic rings. The summed E-state index contributed by atoms with van der Waals surface area (Å²) in [5.41, 5.74) is 1.10. The van der Waals surface area contributed by atoms with Crippen LogP contribution in [-0.2, 0) is 4.79 Å². The van der Waals surface area contributed by atoms with E-state index in [1.54, 1.807) is 0 Å². The summed E-state index contributed by atoms with van der Waals surface area (Å²) in [6.45, 7) is 5.85. The van der Waals surface area contributed by atoms with Crippen LogP contribution in [0, 0.1) is 0 Å². The monoisotopic (exact) mass is 276 g/mol. The molecule has 20 heavy (non-hydrogen) atoms. The number of benzene rings is 1. The summed E-state index contributed by atoms with van der Waals surface area (Å²) in [6.07, 6.45) is 2.47. The van der Waals surface area contributed by atoms with Gasteiger partial charge in [0.1, 0.15) is 5.75 Å². The molecule has 2 atom stereocenters. The first-order chi connectivity index (χ1) is 9.72. The average Bonchev–Trinajstić information content (AvgIpc) is 2.65. The van der Waals surface area contributed by atoms with E-state index in [1.807, 2.05) is 18.2 Å². The van der Waals surface area contributed by atoms with Gasteiger partial charge in [-0.2, -0.15) is 0 Å². The summed E-state index contributed by atoms with van der Waals surface area (Å²) >= 11 is 0. The fraction of sp³-hybridized carbons (Fsp3) is 0.562. The number of hydrogen-bond acceptors (Lipinski definition) is 3. The van der Waals surface area contributed by atoms with Gasteiger partial charge in [0.15, 0.2) is 6.10 Å². The predicted molar refractivity (Wildman–Crippen MR) is 79.8 cm³/mol. The number of carbonyl (C=O) groups is 1. The van der Waals surface area contributed by atoms with Gasteiger partial charge >= 0.3 is 0 Å². The van der Waals surface area contributed by atoms with Crippen LogP contribution in [0.25, 0.3) is 0 Å². The summed E-state index contributed by atoms with van der Waals surface area (Å²) < 4.78 is 5.99. The molecular weight excluding hydrogens is 252 g/mol. The Kier molecular flexibility index (Phi) is 5.41. The molecule has 2 N–H and O–H groups in total. The van der Waals surface area contributed by atoms with Gasteiger partial charge < -0.3 is 15.4 Å². The Bertz CT molecular complexity index is 448. The second-order valence-corrected chi connectivity index (χ2v) is 5.21. The molecule has 0 radical (unpaired) electrons. The first-order valence-electron chi connectivity index (χ1n) is 7.49. The summed E-state index contributed by atoms with van der Waals surface area (Å²) in [5, 5.41) is 6.29. The van der Waals surface area contributed by atoms with Crippen molar-refractivity contribution in [3.05, 3.63) is 29.8 Å². The summed E-state index contributed by atoms with van der Waals surface area (Å²) in [5.74, 6) is 0.816. The van der Waals surface area contributed by atoms with E-state index >= 15 is 0 Å². The molecule has 2 rings (SSSR count). The minimum atomic E-state index is -0.368. The van der Waals surface area contributed by atoms with Gasteiger partial charge in [-0.05, 0) is 38.8 Å². The largest absolute Gasteiger partial charge is 0.480 e. The highest BCUT2D eigenvalue weighted by Crippen LogP contribution is 2.26. The van der Waals surface area contributed by atoms with E-state index in [4.69, 9.17) is 4.74 Å². The molecule has 0 saturated carbocycles. The molecule has 0 bridgehead atoms. The van der Waals surface area contributed by atoms with Gasteiger partial charge in [0.05, 0.1) is 0 Å². The molecule has 1 aromatic carbocycles. The van der Waals surface area contributed by atoms with Gasteiger partial charge in [-0.3, -0.25) is 4.79 Å². The maximum absolute atomic E-state index is 12.0. The van der Waals surface area contributed by atoms with Crippen molar-refractivity contribution >= 4 is 5.91 Å². The maximum Gasteiger partial charge on any atom is 0.261 e. The normalized spacial score (nSPS) is 20.9. The average molecular weight is 276 g/mol. The van der Waals surface area contributed by atoms with E-state index in [9.17, 15) is 4.79 Å². The Hall–Kier alpha value is -1.55. The second kappa shape index (κ2) is 7.29. The highest BCUT2D eigenvalue weighted by molar-refractivity contribution is 5.81. The van der Waals surface area contributed by atoms with E-state index in [1.165, 1.54) is 0 Å². The molecule has 0 aliphatic carbocycles. The molecular formula is C16H24N2O2. The molecule has 0 spiro atoms. The third-order valence-electron chi connectivity index (χ3n) is 3.65. The molecule has 1 heterocycles. The minimum Gasteiger partial charge on any atom is -0.480 e. The first-order valence-corrected chi connectivity index (χ1v) is 7.49. The van der Waals surface area contributed by atoms with Crippen LogP contribution >= 0.6 is 0 Å². The predicted octanol–water partition coefficient (Wildman–Crippen LogP) is 2.40. The zero-order valence-electron chi connectivity index (χ0n) is 12.3. The van der Waals surface area contributed by atoms with Crippen molar-refractivity contribution in [1.29, 1.82) is 0 Å². The molecule has 4 nitrogen and oxygen atoms in total. The molecule has 1 saturated heterocycles. The topological polar surface area (TPSA) is 50.4 Å². The van der Waals surface area contributed by atoms with Crippen molar-refractivity contribution in [1.82, 2.24) is 10.6 Å². The Balaban J connectivity index is 2.13. The van der Waals surface area contributed by atoms with Crippen LogP contribution in [0.3, 0.4) is 0 Å². The summed E-state index contributed by atoms with van der Waals surface area (Å²) in [6, 6.07) is 8.17. The lowest BCUT2D eigenvalue weighted by molar-refractivity contribution is -0.127. The van der Waals surface area contributed by atoms with E-state index in [-0.39, 0.29) is 18.1 Å². The van der Waals surface area contributed by atoms with Crippen molar-refractivity contribution in [3.63, 3.8) is 0 Å². The lowest BCUT2D eigenvalue weighted by Crippen LogP contribution is -2.36. The highest BCUT2D eigenvalue weighted by atomic mass is 16.5. The highest BCUT2D eigenvalue weighted by Gasteiger charge is 2.23. The van der Waals surface area contributed by atoms with Crippen molar-refractivity contribution in [2.45, 2.75) is 45.3 Å². The van der Waals surface area contributed by atoms with Gasteiger partial charge in [0, 0.05) is 18.2 Å². The van der Waals surface area contributed by atoms with E-state index in [0.717, 1.165) is 43.7 Å². The number of carbonyl (C=O) groups excluding carboxylic acids is 1. The Morgan fingerprint density at radius 1 is 1.40 bits per heavy atom. The minimum absolute atomic E-state index is 0.00778. The van der Waals surface area contributed by atoms with Crippen molar-refractivity contribution in [2.24, 2.45) is 0 Å². The SMILES string of the molecule is CCNC(C)c1ccccc1OC1CCCCNC1=O. The van der Waals surface area contributed by atoms with Crippen LogP contribution in [0.15, 0.2) is 24.3 Å². The molecule has 1 aliphatic rings. The number of rotatable bonds is 5. The molecule has 110 valence electrons. The molecule has 2 unspecified atom stereocenters. The Morgan fingerprint density at radius 3 is 3.00 bits per heavy atom. The van der Waals surface area contributed by atoms with E-state index < -0.39 is 0 Å². The van der Waals surface area contributed by atoms with E-state index in [0.29, 0.717) is 0 Å². The zero-order chi connectivity index (χ0) is 14.4. The second-order valence-electron chi connectivity index (χ2n) is 5.21. The third-order valence-corrected chi connectivity index (χ3v) is 3.65. The molecule has 0 aromatic heterocycles. The van der Waals surface area contributed by atoms with Crippen molar-refractivity contribution in [3.8, 4) is 5.75 Å². The van der Waals surface area contributed by atoms with Gasteiger partial charge in [-0.15, -0.1) is 0 Å². The van der Waals surface area contributed by atoms with Crippen LogP contribution in [0.1, 0.15) is 44.7 Å². The van der Waals surface area contributed by atoms with Crippen LogP contribution in [-0.4, -0.2) is 25.1 Å². The fourth-order valence-electron chi connectivity index (χ4n) is 2.54. The smallest absolute Gasteiger partial charge is 0.261 e. The van der Waals surface area contributed by atoms with Gasteiger partial charge in [-0.1, -0.05) is 25.1 Å². The quantitative estimate of drug-likeness (QED) is 0.868. The maximum atomic E-state index is 12.0. The molecule has 1 fully saturated rings. The molecule has 1 amide bonds. The third kappa shape index (κ3) is 3.73.